The highest BCUT2D eigenvalue weighted by molar-refractivity contribution is 6.42. The summed E-state index contributed by atoms with van der Waals surface area (Å²) in [6.07, 6.45) is 0.646. The first-order chi connectivity index (χ1) is 17.2. The first-order valence-electron chi connectivity index (χ1n) is 11.4. The van der Waals surface area contributed by atoms with Crippen LogP contribution < -0.4 is 0 Å². The van der Waals surface area contributed by atoms with Gasteiger partial charge in [0, 0.05) is 42.3 Å². The number of likely N-dealkylation sites (tertiary alicyclic amines) is 1. The van der Waals surface area contributed by atoms with E-state index in [1.807, 2.05) is 13.0 Å². The zero-order chi connectivity index (χ0) is 26.0. The molecule has 2 amide bonds. The maximum atomic E-state index is 13.5. The first-order valence-corrected chi connectivity index (χ1v) is 12.5. The second-order valence-electron chi connectivity index (χ2n) is 8.68. The molecule has 0 N–H and O–H groups in total. The zero-order valence-corrected chi connectivity index (χ0v) is 22.0. The Morgan fingerprint density at radius 1 is 1.06 bits per heavy atom. The van der Waals surface area contributed by atoms with Crippen LogP contribution in [0.5, 0.6) is 0 Å². The highest BCUT2D eigenvalue weighted by Gasteiger charge is 2.41. The molecule has 2 atom stereocenters. The van der Waals surface area contributed by atoms with Crippen molar-refractivity contribution in [2.75, 3.05) is 20.1 Å². The minimum atomic E-state index is -0.345. The molecule has 1 saturated heterocycles. The molecule has 0 spiro atoms. The summed E-state index contributed by atoms with van der Waals surface area (Å²) in [6, 6.07) is 16.9. The van der Waals surface area contributed by atoms with Crippen LogP contribution in [0.2, 0.25) is 15.1 Å². The SMILES string of the molecule is CCc1cc(Cl)cc(C(=O)N(C)[C@@H]2CN(C(=O)c3ccc(C#N)cc3)CC2c2ccc(Cl)c(Cl)c2)n1. The van der Waals surface area contributed by atoms with Gasteiger partial charge in [-0.05, 0) is 60.5 Å². The summed E-state index contributed by atoms with van der Waals surface area (Å²) >= 11 is 18.7. The Bertz CT molecular complexity index is 1350. The lowest BCUT2D eigenvalue weighted by molar-refractivity contribution is 0.0691. The Labute approximate surface area is 225 Å². The lowest BCUT2D eigenvalue weighted by Gasteiger charge is -2.29. The van der Waals surface area contributed by atoms with Crippen molar-refractivity contribution in [3.05, 3.63) is 97.7 Å². The molecule has 0 radical (unpaired) electrons. The van der Waals surface area contributed by atoms with E-state index in [9.17, 15) is 9.59 Å². The third-order valence-electron chi connectivity index (χ3n) is 6.45. The van der Waals surface area contributed by atoms with Crippen molar-refractivity contribution in [3.8, 4) is 6.07 Å². The minimum absolute atomic E-state index is 0.179. The summed E-state index contributed by atoms with van der Waals surface area (Å²) in [5.74, 6) is -0.669. The van der Waals surface area contributed by atoms with Crippen molar-refractivity contribution in [3.63, 3.8) is 0 Å². The summed E-state index contributed by atoms with van der Waals surface area (Å²) in [4.78, 5) is 34.6. The molecule has 2 heterocycles. The fourth-order valence-corrected chi connectivity index (χ4v) is 4.99. The topological polar surface area (TPSA) is 77.3 Å². The summed E-state index contributed by atoms with van der Waals surface area (Å²) in [7, 11) is 1.71. The molecule has 2 aromatic carbocycles. The average Bonchev–Trinajstić information content (AvgIpc) is 3.34. The van der Waals surface area contributed by atoms with Crippen LogP contribution in [0.15, 0.2) is 54.6 Å². The highest BCUT2D eigenvalue weighted by atomic mass is 35.5. The van der Waals surface area contributed by atoms with Gasteiger partial charge in [-0.2, -0.15) is 5.26 Å². The molecule has 4 rings (SSSR count). The van der Waals surface area contributed by atoms with E-state index < -0.39 is 0 Å². The van der Waals surface area contributed by atoms with Gasteiger partial charge in [0.05, 0.1) is 27.7 Å². The van der Waals surface area contributed by atoms with Gasteiger partial charge in [-0.25, -0.2) is 4.98 Å². The molecule has 1 aliphatic heterocycles. The quantitative estimate of drug-likeness (QED) is 0.406. The lowest BCUT2D eigenvalue weighted by Crippen LogP contribution is -2.42. The van der Waals surface area contributed by atoms with Gasteiger partial charge >= 0.3 is 0 Å². The van der Waals surface area contributed by atoms with E-state index in [0.29, 0.717) is 45.7 Å². The van der Waals surface area contributed by atoms with Gasteiger partial charge in [0.25, 0.3) is 11.8 Å². The number of amides is 2. The summed E-state index contributed by atoms with van der Waals surface area (Å²) in [6.45, 7) is 2.63. The summed E-state index contributed by atoms with van der Waals surface area (Å²) < 4.78 is 0. The lowest BCUT2D eigenvalue weighted by atomic mass is 9.93. The molecular weight excluding hydrogens is 519 g/mol. The van der Waals surface area contributed by atoms with Crippen LogP contribution in [0.3, 0.4) is 0 Å². The fourth-order valence-electron chi connectivity index (χ4n) is 4.46. The van der Waals surface area contributed by atoms with Crippen LogP contribution >= 0.6 is 34.8 Å². The number of aryl methyl sites for hydroxylation is 1. The molecule has 9 heteroatoms. The number of rotatable bonds is 5. The van der Waals surface area contributed by atoms with Crippen LogP contribution in [0.25, 0.3) is 0 Å². The van der Waals surface area contributed by atoms with Gasteiger partial charge in [0.1, 0.15) is 5.69 Å². The van der Waals surface area contributed by atoms with Gasteiger partial charge in [-0.3, -0.25) is 9.59 Å². The Hall–Kier alpha value is -3.11. The van der Waals surface area contributed by atoms with Gasteiger partial charge < -0.3 is 9.80 Å². The maximum Gasteiger partial charge on any atom is 0.272 e. The molecular formula is C27H23Cl3N4O2. The van der Waals surface area contributed by atoms with Crippen molar-refractivity contribution in [1.29, 1.82) is 5.26 Å². The number of carbonyl (C=O) groups is 2. The normalized spacial score (nSPS) is 17.1. The highest BCUT2D eigenvalue weighted by Crippen LogP contribution is 2.35. The van der Waals surface area contributed by atoms with Crippen molar-refractivity contribution < 1.29 is 9.59 Å². The van der Waals surface area contributed by atoms with Crippen LogP contribution in [-0.2, 0) is 6.42 Å². The number of pyridine rings is 1. The standard InChI is InChI=1S/C27H23Cl3N4O2/c1-3-20-11-19(28)12-24(32-20)27(36)33(2)25-15-34(26(35)17-6-4-16(13-31)5-7-17)14-21(25)18-8-9-22(29)23(30)10-18/h4-12,21,25H,3,14-15H2,1-2H3/t21?,25-/m1/s1. The number of carbonyl (C=O) groups excluding carboxylic acids is 2. The summed E-state index contributed by atoms with van der Waals surface area (Å²) in [5, 5.41) is 10.3. The molecule has 6 nitrogen and oxygen atoms in total. The van der Waals surface area contributed by atoms with Crippen molar-refractivity contribution >= 4 is 46.6 Å². The van der Waals surface area contributed by atoms with E-state index >= 15 is 0 Å². The molecule has 1 aliphatic rings. The number of hydrogen-bond acceptors (Lipinski definition) is 4. The molecule has 3 aromatic rings. The number of nitrogens with zero attached hydrogens (tertiary/aromatic N) is 4. The zero-order valence-electron chi connectivity index (χ0n) is 19.7. The largest absolute Gasteiger partial charge is 0.336 e. The van der Waals surface area contributed by atoms with Gasteiger partial charge in [-0.15, -0.1) is 0 Å². The van der Waals surface area contributed by atoms with E-state index in [1.165, 1.54) is 0 Å². The first kappa shape index (κ1) is 26.0. The molecule has 0 aliphatic carbocycles. The van der Waals surface area contributed by atoms with E-state index in [0.717, 1.165) is 11.3 Å². The molecule has 1 unspecified atom stereocenters. The summed E-state index contributed by atoms with van der Waals surface area (Å²) in [5.41, 5.74) is 2.80. The Morgan fingerprint density at radius 3 is 2.42 bits per heavy atom. The van der Waals surface area contributed by atoms with Crippen LogP contribution in [0.1, 0.15) is 50.5 Å². The van der Waals surface area contributed by atoms with Crippen molar-refractivity contribution in [2.45, 2.75) is 25.3 Å². The predicted octanol–water partition coefficient (Wildman–Crippen LogP) is 5.86. The van der Waals surface area contributed by atoms with Gasteiger partial charge in [-0.1, -0.05) is 47.8 Å². The second-order valence-corrected chi connectivity index (χ2v) is 9.93. The minimum Gasteiger partial charge on any atom is -0.336 e. The monoisotopic (exact) mass is 540 g/mol. The van der Waals surface area contributed by atoms with Crippen molar-refractivity contribution in [2.24, 2.45) is 0 Å². The van der Waals surface area contributed by atoms with E-state index in [4.69, 9.17) is 40.1 Å². The van der Waals surface area contributed by atoms with E-state index in [-0.39, 0.29) is 29.5 Å². The number of halogens is 3. The van der Waals surface area contributed by atoms with Crippen LogP contribution in [-0.4, -0.2) is 52.8 Å². The predicted molar refractivity (Wildman–Crippen MR) is 141 cm³/mol. The molecule has 184 valence electrons. The van der Waals surface area contributed by atoms with E-state index in [2.05, 4.69) is 11.1 Å². The van der Waals surface area contributed by atoms with Crippen molar-refractivity contribution in [1.82, 2.24) is 14.8 Å². The average molecular weight is 542 g/mol. The van der Waals surface area contributed by atoms with Crippen LogP contribution in [0, 0.1) is 11.3 Å². The number of nitriles is 1. The molecule has 1 fully saturated rings. The fraction of sp³-hybridized carbons (Fsp3) is 0.259. The third-order valence-corrected chi connectivity index (χ3v) is 7.41. The Balaban J connectivity index is 1.67. The number of benzene rings is 2. The molecule has 1 aromatic heterocycles. The number of hydrogen-bond donors (Lipinski definition) is 0. The van der Waals surface area contributed by atoms with Gasteiger partial charge in [0.15, 0.2) is 0 Å². The Kier molecular flexibility index (Phi) is 7.85. The molecule has 0 saturated carbocycles. The third kappa shape index (κ3) is 5.34. The second kappa shape index (κ2) is 10.9. The number of likely N-dealkylation sites (N-methyl/N-ethyl adjacent to an activating group) is 1. The molecule has 0 bridgehead atoms. The molecule has 36 heavy (non-hydrogen) atoms. The van der Waals surface area contributed by atoms with Gasteiger partial charge in [0.2, 0.25) is 0 Å². The smallest absolute Gasteiger partial charge is 0.272 e. The maximum absolute atomic E-state index is 13.5. The Morgan fingerprint density at radius 2 is 1.78 bits per heavy atom. The van der Waals surface area contributed by atoms with Crippen LogP contribution in [0.4, 0.5) is 0 Å². The van der Waals surface area contributed by atoms with E-state index in [1.54, 1.807) is 65.4 Å². The number of aromatic nitrogens is 1.